The van der Waals surface area contributed by atoms with Crippen molar-refractivity contribution < 1.29 is 4.74 Å². The van der Waals surface area contributed by atoms with Crippen LogP contribution < -0.4 is 5.32 Å². The van der Waals surface area contributed by atoms with Crippen LogP contribution in [0.1, 0.15) is 52.4 Å². The van der Waals surface area contributed by atoms with Gasteiger partial charge >= 0.3 is 0 Å². The normalized spacial score (nSPS) is 14.7. The largest absolute Gasteiger partial charge is 0.383 e. The number of nitrogens with one attached hydrogen (secondary N) is 1. The van der Waals surface area contributed by atoms with E-state index in [1.807, 2.05) is 4.68 Å². The maximum Gasteiger partial charge on any atom is 0.138 e. The van der Waals surface area contributed by atoms with Crippen molar-refractivity contribution in [3.05, 3.63) is 12.2 Å². The van der Waals surface area contributed by atoms with E-state index in [0.717, 1.165) is 31.9 Å². The van der Waals surface area contributed by atoms with Gasteiger partial charge in [-0.25, -0.2) is 9.67 Å². The monoisotopic (exact) mass is 282 g/mol. The summed E-state index contributed by atoms with van der Waals surface area (Å²) in [5.41, 5.74) is 0.210. The lowest BCUT2D eigenvalue weighted by Gasteiger charge is -2.30. The van der Waals surface area contributed by atoms with Crippen LogP contribution in [-0.4, -0.2) is 41.6 Å². The molecule has 1 rings (SSSR count). The van der Waals surface area contributed by atoms with E-state index in [-0.39, 0.29) is 5.41 Å². The zero-order valence-corrected chi connectivity index (χ0v) is 13.6. The molecule has 1 atom stereocenters. The molecule has 20 heavy (non-hydrogen) atoms. The lowest BCUT2D eigenvalue weighted by Crippen LogP contribution is -2.36. The molecule has 0 amide bonds. The smallest absolute Gasteiger partial charge is 0.138 e. The summed E-state index contributed by atoms with van der Waals surface area (Å²) in [6.07, 6.45) is 4.98. The van der Waals surface area contributed by atoms with Gasteiger partial charge < -0.3 is 10.1 Å². The third-order valence-electron chi connectivity index (χ3n) is 3.61. The zero-order valence-electron chi connectivity index (χ0n) is 13.6. The molecular weight excluding hydrogens is 252 g/mol. The minimum absolute atomic E-state index is 0.210. The van der Waals surface area contributed by atoms with E-state index < -0.39 is 0 Å². The summed E-state index contributed by atoms with van der Waals surface area (Å²) >= 11 is 0. The first-order valence-electron chi connectivity index (χ1n) is 7.60. The summed E-state index contributed by atoms with van der Waals surface area (Å²) in [7, 11) is 1.73. The Balaban J connectivity index is 2.66. The minimum atomic E-state index is 0.210. The van der Waals surface area contributed by atoms with E-state index >= 15 is 0 Å². The molecule has 0 aromatic carbocycles. The van der Waals surface area contributed by atoms with Gasteiger partial charge in [-0.3, -0.25) is 0 Å². The van der Waals surface area contributed by atoms with Crippen molar-refractivity contribution in [2.75, 3.05) is 26.8 Å². The molecule has 1 aromatic heterocycles. The van der Waals surface area contributed by atoms with Crippen LogP contribution in [0.15, 0.2) is 6.33 Å². The first kappa shape index (κ1) is 17.1. The van der Waals surface area contributed by atoms with Crippen LogP contribution in [0.2, 0.25) is 0 Å². The topological polar surface area (TPSA) is 52.0 Å². The highest BCUT2D eigenvalue weighted by molar-refractivity contribution is 4.94. The van der Waals surface area contributed by atoms with Gasteiger partial charge in [0.2, 0.25) is 0 Å². The molecule has 0 aliphatic carbocycles. The van der Waals surface area contributed by atoms with E-state index in [9.17, 15) is 0 Å². The lowest BCUT2D eigenvalue weighted by molar-refractivity contribution is 0.189. The summed E-state index contributed by atoms with van der Waals surface area (Å²) in [6.45, 7) is 11.5. The number of hydrogen-bond donors (Lipinski definition) is 1. The maximum absolute atomic E-state index is 5.08. The molecule has 1 N–H and O–H groups in total. The van der Waals surface area contributed by atoms with Crippen molar-refractivity contribution in [1.29, 1.82) is 0 Å². The number of hydrogen-bond acceptors (Lipinski definition) is 4. The first-order chi connectivity index (χ1) is 9.52. The molecule has 5 heteroatoms. The van der Waals surface area contributed by atoms with Crippen LogP contribution in [0.25, 0.3) is 0 Å². The SMILES string of the molecule is CCCC(C)(CNCCOC)Cc1ncnn1C(C)C. The molecular formula is C15H30N4O. The predicted molar refractivity (Wildman–Crippen MR) is 81.9 cm³/mol. The zero-order chi connectivity index (χ0) is 15.0. The van der Waals surface area contributed by atoms with Gasteiger partial charge in [-0.15, -0.1) is 0 Å². The van der Waals surface area contributed by atoms with Crippen LogP contribution in [0.3, 0.4) is 0 Å². The quantitative estimate of drug-likeness (QED) is 0.670. The minimum Gasteiger partial charge on any atom is -0.383 e. The van der Waals surface area contributed by atoms with Gasteiger partial charge in [0, 0.05) is 32.7 Å². The molecule has 116 valence electrons. The Morgan fingerprint density at radius 3 is 2.80 bits per heavy atom. The fourth-order valence-electron chi connectivity index (χ4n) is 2.62. The second-order valence-corrected chi connectivity index (χ2v) is 6.12. The average molecular weight is 282 g/mol. The summed E-state index contributed by atoms with van der Waals surface area (Å²) < 4.78 is 7.11. The summed E-state index contributed by atoms with van der Waals surface area (Å²) in [5, 5.41) is 7.83. The number of methoxy groups -OCH3 is 1. The van der Waals surface area contributed by atoms with Crippen LogP contribution >= 0.6 is 0 Å². The van der Waals surface area contributed by atoms with E-state index in [0.29, 0.717) is 6.04 Å². The molecule has 0 aliphatic rings. The third kappa shape index (κ3) is 5.21. The Hall–Kier alpha value is -0.940. The molecule has 0 saturated heterocycles. The second-order valence-electron chi connectivity index (χ2n) is 6.12. The van der Waals surface area contributed by atoms with Gasteiger partial charge in [0.05, 0.1) is 6.61 Å². The van der Waals surface area contributed by atoms with Gasteiger partial charge in [0.25, 0.3) is 0 Å². The highest BCUT2D eigenvalue weighted by Crippen LogP contribution is 2.27. The van der Waals surface area contributed by atoms with Crippen molar-refractivity contribution in [3.8, 4) is 0 Å². The Morgan fingerprint density at radius 2 is 2.20 bits per heavy atom. The lowest BCUT2D eigenvalue weighted by atomic mass is 9.81. The van der Waals surface area contributed by atoms with Crippen LogP contribution in [0.5, 0.6) is 0 Å². The highest BCUT2D eigenvalue weighted by atomic mass is 16.5. The van der Waals surface area contributed by atoms with Crippen LogP contribution in [-0.2, 0) is 11.2 Å². The van der Waals surface area contributed by atoms with Crippen molar-refractivity contribution >= 4 is 0 Å². The standard InChI is InChI=1S/C15H30N4O/c1-6-7-15(4,11-16-8-9-20-5)10-14-17-12-18-19(14)13(2)3/h12-13,16H,6-11H2,1-5H3. The van der Waals surface area contributed by atoms with Gasteiger partial charge in [0.1, 0.15) is 12.2 Å². The van der Waals surface area contributed by atoms with E-state index in [4.69, 9.17) is 4.74 Å². The van der Waals surface area contributed by atoms with Gasteiger partial charge in [-0.05, 0) is 25.7 Å². The Labute approximate surface area is 123 Å². The number of aromatic nitrogens is 3. The van der Waals surface area contributed by atoms with E-state index in [1.165, 1.54) is 12.8 Å². The van der Waals surface area contributed by atoms with Gasteiger partial charge in [-0.1, -0.05) is 20.3 Å². The molecule has 0 radical (unpaired) electrons. The summed E-state index contributed by atoms with van der Waals surface area (Å²) in [4.78, 5) is 4.45. The Morgan fingerprint density at radius 1 is 1.45 bits per heavy atom. The summed E-state index contributed by atoms with van der Waals surface area (Å²) in [5.74, 6) is 1.09. The van der Waals surface area contributed by atoms with Crippen molar-refractivity contribution in [2.24, 2.45) is 5.41 Å². The maximum atomic E-state index is 5.08. The fourth-order valence-corrected chi connectivity index (χ4v) is 2.62. The van der Waals surface area contributed by atoms with Crippen LogP contribution in [0, 0.1) is 5.41 Å². The molecule has 0 fully saturated rings. The van der Waals surface area contributed by atoms with E-state index in [1.54, 1.807) is 13.4 Å². The first-order valence-corrected chi connectivity index (χ1v) is 7.60. The average Bonchev–Trinajstić information content (AvgIpc) is 2.83. The van der Waals surface area contributed by atoms with Gasteiger partial charge in [-0.2, -0.15) is 5.10 Å². The molecule has 1 aromatic rings. The highest BCUT2D eigenvalue weighted by Gasteiger charge is 2.26. The molecule has 0 bridgehead atoms. The number of rotatable bonds is 10. The molecule has 0 aliphatic heterocycles. The predicted octanol–water partition coefficient (Wildman–Crippen LogP) is 2.44. The molecule has 0 spiro atoms. The Kier molecular flexibility index (Phi) is 7.16. The Bertz CT molecular complexity index is 378. The molecule has 5 nitrogen and oxygen atoms in total. The van der Waals surface area contributed by atoms with Crippen molar-refractivity contribution in [1.82, 2.24) is 20.1 Å². The molecule has 1 heterocycles. The third-order valence-corrected chi connectivity index (χ3v) is 3.61. The van der Waals surface area contributed by atoms with Crippen LogP contribution in [0.4, 0.5) is 0 Å². The number of nitrogens with zero attached hydrogens (tertiary/aromatic N) is 3. The second kappa shape index (κ2) is 8.37. The molecule has 0 saturated carbocycles. The van der Waals surface area contributed by atoms with Crippen molar-refractivity contribution in [3.63, 3.8) is 0 Å². The van der Waals surface area contributed by atoms with Gasteiger partial charge in [0.15, 0.2) is 0 Å². The van der Waals surface area contributed by atoms with E-state index in [2.05, 4.69) is 43.1 Å². The number of ether oxygens (including phenoxy) is 1. The van der Waals surface area contributed by atoms with Crippen molar-refractivity contribution in [2.45, 2.75) is 53.0 Å². The molecule has 1 unspecified atom stereocenters. The summed E-state index contributed by atoms with van der Waals surface area (Å²) in [6, 6.07) is 0.361. The fraction of sp³-hybridized carbons (Fsp3) is 0.867.